The smallest absolute Gasteiger partial charge is 0.410 e. The quantitative estimate of drug-likeness (QED) is 0.545. The first kappa shape index (κ1) is 24.8. The minimum absolute atomic E-state index is 0.0847. The molecule has 1 atom stereocenters. The van der Waals surface area contributed by atoms with Gasteiger partial charge in [-0.1, -0.05) is 22.9 Å². The zero-order chi connectivity index (χ0) is 25.3. The van der Waals surface area contributed by atoms with E-state index in [2.05, 4.69) is 58.3 Å². The number of rotatable bonds is 5. The fourth-order valence-corrected chi connectivity index (χ4v) is 4.45. The molecular weight excluding hydrogens is 446 g/mol. The number of aromatic nitrogens is 5. The number of benzene rings is 1. The van der Waals surface area contributed by atoms with E-state index < -0.39 is 5.60 Å². The van der Waals surface area contributed by atoms with Crippen LogP contribution in [-0.2, 0) is 24.8 Å². The maximum atomic E-state index is 12.6. The second-order valence-electron chi connectivity index (χ2n) is 10.4. The van der Waals surface area contributed by atoms with Gasteiger partial charge in [-0.3, -0.25) is 4.90 Å². The summed E-state index contributed by atoms with van der Waals surface area (Å²) in [5.74, 6) is 0.968. The molecule has 1 fully saturated rings. The van der Waals surface area contributed by atoms with Crippen LogP contribution in [0, 0.1) is 13.8 Å². The van der Waals surface area contributed by atoms with Crippen LogP contribution in [0.1, 0.15) is 55.8 Å². The minimum atomic E-state index is -0.489. The SMILES string of the molecule is Cc1cc(Cc2nnc(-c3cnnn3C)o2)c(C)c(CN2CCN(C(=O)OC(C)(C)C)[C@@H](C)C2)c1. The molecule has 1 amide bonds. The van der Waals surface area contributed by atoms with Crippen molar-refractivity contribution in [3.05, 3.63) is 46.5 Å². The Bertz CT molecular complexity index is 1190. The van der Waals surface area contributed by atoms with E-state index >= 15 is 0 Å². The summed E-state index contributed by atoms with van der Waals surface area (Å²) in [5, 5.41) is 16.2. The molecule has 3 heterocycles. The van der Waals surface area contributed by atoms with Crippen LogP contribution in [0.3, 0.4) is 0 Å². The summed E-state index contributed by atoms with van der Waals surface area (Å²) in [7, 11) is 1.79. The minimum Gasteiger partial charge on any atom is -0.444 e. The summed E-state index contributed by atoms with van der Waals surface area (Å²) < 4.78 is 13.1. The number of ether oxygens (including phenoxy) is 1. The van der Waals surface area contributed by atoms with Crippen molar-refractivity contribution in [3.8, 4) is 11.6 Å². The van der Waals surface area contributed by atoms with Gasteiger partial charge >= 0.3 is 6.09 Å². The molecule has 4 rings (SSSR count). The third kappa shape index (κ3) is 5.87. The molecule has 1 aromatic carbocycles. The van der Waals surface area contributed by atoms with Crippen LogP contribution in [0.5, 0.6) is 0 Å². The van der Waals surface area contributed by atoms with Crippen LogP contribution in [0.2, 0.25) is 0 Å². The molecule has 188 valence electrons. The van der Waals surface area contributed by atoms with Gasteiger partial charge in [0.25, 0.3) is 5.89 Å². The average Bonchev–Trinajstić information content (AvgIpc) is 3.38. The fourth-order valence-electron chi connectivity index (χ4n) is 4.45. The summed E-state index contributed by atoms with van der Waals surface area (Å²) in [6.45, 7) is 15.1. The summed E-state index contributed by atoms with van der Waals surface area (Å²) in [6, 6.07) is 4.50. The third-order valence-corrected chi connectivity index (χ3v) is 6.24. The first-order valence-corrected chi connectivity index (χ1v) is 12.0. The number of aryl methyl sites for hydroxylation is 2. The summed E-state index contributed by atoms with van der Waals surface area (Å²) in [4.78, 5) is 16.8. The van der Waals surface area contributed by atoms with Gasteiger partial charge in [-0.05, 0) is 58.2 Å². The monoisotopic (exact) mass is 481 g/mol. The molecule has 0 N–H and O–H groups in total. The van der Waals surface area contributed by atoms with Crippen molar-refractivity contribution in [2.45, 2.75) is 66.2 Å². The Morgan fingerprint density at radius 2 is 1.91 bits per heavy atom. The second kappa shape index (κ2) is 9.77. The van der Waals surface area contributed by atoms with Gasteiger partial charge in [-0.2, -0.15) is 0 Å². The number of hydrogen-bond acceptors (Lipinski definition) is 8. The Morgan fingerprint density at radius 1 is 1.17 bits per heavy atom. The summed E-state index contributed by atoms with van der Waals surface area (Å²) >= 11 is 0. The van der Waals surface area contributed by atoms with E-state index in [1.165, 1.54) is 22.3 Å². The highest BCUT2D eigenvalue weighted by Crippen LogP contribution is 2.24. The molecule has 0 aliphatic carbocycles. The first-order chi connectivity index (χ1) is 16.5. The van der Waals surface area contributed by atoms with Gasteiger partial charge in [0.15, 0.2) is 0 Å². The normalized spacial score (nSPS) is 17.1. The molecule has 1 aliphatic rings. The zero-order valence-electron chi connectivity index (χ0n) is 21.7. The van der Waals surface area contributed by atoms with Gasteiger partial charge in [-0.15, -0.1) is 15.3 Å². The molecule has 0 bridgehead atoms. The molecular formula is C25H35N7O3. The maximum absolute atomic E-state index is 12.6. The largest absolute Gasteiger partial charge is 0.444 e. The van der Waals surface area contributed by atoms with Crippen LogP contribution in [-0.4, -0.2) is 72.4 Å². The van der Waals surface area contributed by atoms with Crippen molar-refractivity contribution in [1.29, 1.82) is 0 Å². The van der Waals surface area contributed by atoms with Crippen LogP contribution < -0.4 is 0 Å². The summed E-state index contributed by atoms with van der Waals surface area (Å²) in [5.41, 5.74) is 5.05. The highest BCUT2D eigenvalue weighted by molar-refractivity contribution is 5.68. The highest BCUT2D eigenvalue weighted by Gasteiger charge is 2.31. The molecule has 0 spiro atoms. The number of carbonyl (C=O) groups excluding carboxylic acids is 1. The molecule has 1 saturated heterocycles. The Hall–Kier alpha value is -3.27. The Balaban J connectivity index is 1.44. The summed E-state index contributed by atoms with van der Waals surface area (Å²) in [6.07, 6.45) is 1.93. The van der Waals surface area contributed by atoms with E-state index in [1.807, 2.05) is 25.7 Å². The second-order valence-corrected chi connectivity index (χ2v) is 10.4. The fraction of sp³-hybridized carbons (Fsp3) is 0.560. The number of piperazine rings is 1. The van der Waals surface area contributed by atoms with Crippen molar-refractivity contribution >= 4 is 6.09 Å². The van der Waals surface area contributed by atoms with Gasteiger partial charge in [0.05, 0.1) is 12.6 Å². The lowest BCUT2D eigenvalue weighted by Crippen LogP contribution is -2.54. The molecule has 0 saturated carbocycles. The van der Waals surface area contributed by atoms with Gasteiger partial charge < -0.3 is 14.1 Å². The molecule has 1 aliphatic heterocycles. The van der Waals surface area contributed by atoms with Crippen LogP contribution in [0.15, 0.2) is 22.7 Å². The van der Waals surface area contributed by atoms with Crippen molar-refractivity contribution in [1.82, 2.24) is 35.0 Å². The highest BCUT2D eigenvalue weighted by atomic mass is 16.6. The van der Waals surface area contributed by atoms with Gasteiger partial charge in [-0.25, -0.2) is 9.48 Å². The number of carbonyl (C=O) groups is 1. The lowest BCUT2D eigenvalue weighted by Gasteiger charge is -2.40. The lowest BCUT2D eigenvalue weighted by atomic mass is 9.96. The van der Waals surface area contributed by atoms with E-state index in [0.29, 0.717) is 30.4 Å². The predicted molar refractivity (Wildman–Crippen MR) is 131 cm³/mol. The molecule has 10 nitrogen and oxygen atoms in total. The van der Waals surface area contributed by atoms with Crippen LogP contribution in [0.25, 0.3) is 11.6 Å². The molecule has 0 unspecified atom stereocenters. The van der Waals surface area contributed by atoms with E-state index in [9.17, 15) is 4.79 Å². The Morgan fingerprint density at radius 3 is 2.57 bits per heavy atom. The number of amides is 1. The maximum Gasteiger partial charge on any atom is 0.410 e. The Labute approximate surface area is 206 Å². The predicted octanol–water partition coefficient (Wildman–Crippen LogP) is 3.51. The zero-order valence-corrected chi connectivity index (χ0v) is 21.7. The van der Waals surface area contributed by atoms with Gasteiger partial charge in [0, 0.05) is 39.3 Å². The van der Waals surface area contributed by atoms with Gasteiger partial charge in [0.1, 0.15) is 11.3 Å². The topological polar surface area (TPSA) is 102 Å². The van der Waals surface area contributed by atoms with Gasteiger partial charge in [0.2, 0.25) is 5.89 Å². The van der Waals surface area contributed by atoms with Crippen LogP contribution >= 0.6 is 0 Å². The number of nitrogens with zero attached hydrogens (tertiary/aromatic N) is 7. The van der Waals surface area contributed by atoms with E-state index in [-0.39, 0.29) is 12.1 Å². The van der Waals surface area contributed by atoms with Crippen LogP contribution in [0.4, 0.5) is 4.79 Å². The Kier molecular flexibility index (Phi) is 6.93. The molecule has 3 aromatic rings. The molecule has 10 heteroatoms. The average molecular weight is 482 g/mol. The van der Waals surface area contributed by atoms with Crippen molar-refractivity contribution in [3.63, 3.8) is 0 Å². The van der Waals surface area contributed by atoms with Crippen molar-refractivity contribution in [2.24, 2.45) is 7.05 Å². The molecule has 0 radical (unpaired) electrons. The first-order valence-electron chi connectivity index (χ1n) is 12.0. The molecule has 35 heavy (non-hydrogen) atoms. The van der Waals surface area contributed by atoms with E-state index in [1.54, 1.807) is 17.9 Å². The molecule has 2 aromatic heterocycles. The number of hydrogen-bond donors (Lipinski definition) is 0. The lowest BCUT2D eigenvalue weighted by molar-refractivity contribution is 0.000535. The van der Waals surface area contributed by atoms with E-state index in [0.717, 1.165) is 19.6 Å². The van der Waals surface area contributed by atoms with Crippen molar-refractivity contribution < 1.29 is 13.9 Å². The standard InChI is InChI=1S/C25H35N7O3/c1-16-10-19(12-22-27-28-23(34-22)21-13-26-29-30(21)7)18(3)20(11-16)15-31-8-9-32(17(2)14-31)24(33)35-25(4,5)6/h10-11,13,17H,8-9,12,14-15H2,1-7H3/t17-/m0/s1. The van der Waals surface area contributed by atoms with E-state index in [4.69, 9.17) is 9.15 Å². The van der Waals surface area contributed by atoms with Crippen molar-refractivity contribution in [2.75, 3.05) is 19.6 Å². The third-order valence-electron chi connectivity index (χ3n) is 6.24.